The third-order valence-electron chi connectivity index (χ3n) is 2.90. The summed E-state index contributed by atoms with van der Waals surface area (Å²) in [6, 6.07) is 7.79. The van der Waals surface area contributed by atoms with Crippen molar-refractivity contribution < 1.29 is 9.53 Å². The quantitative estimate of drug-likeness (QED) is 0.790. The summed E-state index contributed by atoms with van der Waals surface area (Å²) in [4.78, 5) is 11.6. The number of carbonyl (C=O) groups is 1. The fourth-order valence-corrected chi connectivity index (χ4v) is 1.47. The molecule has 0 radical (unpaired) electrons. The summed E-state index contributed by atoms with van der Waals surface area (Å²) >= 11 is 0. The first kappa shape index (κ1) is 15.5. The van der Waals surface area contributed by atoms with Crippen LogP contribution in [0.5, 0.6) is 5.75 Å². The minimum absolute atomic E-state index is 0.00539. The van der Waals surface area contributed by atoms with E-state index in [1.54, 1.807) is 0 Å². The number of carbonyl (C=O) groups excluding carboxylic acids is 1. The van der Waals surface area contributed by atoms with Gasteiger partial charge in [0.2, 0.25) is 5.91 Å². The Bertz CT molecular complexity index is 416. The Morgan fingerprint density at radius 3 is 2.79 bits per heavy atom. The van der Waals surface area contributed by atoms with E-state index in [4.69, 9.17) is 10.5 Å². The smallest absolute Gasteiger partial charge is 0.223 e. The fraction of sp³-hybridized carbons (Fsp3) is 0.533. The average molecular weight is 264 g/mol. The first-order valence-electron chi connectivity index (χ1n) is 6.59. The van der Waals surface area contributed by atoms with E-state index in [1.807, 2.05) is 45.0 Å². The fourth-order valence-electron chi connectivity index (χ4n) is 1.47. The average Bonchev–Trinajstić information content (AvgIpc) is 2.37. The predicted octanol–water partition coefficient (Wildman–Crippen LogP) is 1.87. The van der Waals surface area contributed by atoms with Crippen LogP contribution in [0.15, 0.2) is 24.3 Å². The van der Waals surface area contributed by atoms with Crippen LogP contribution in [0.4, 0.5) is 0 Å². The van der Waals surface area contributed by atoms with E-state index in [0.717, 1.165) is 11.3 Å². The molecule has 4 heteroatoms. The number of nitrogens with one attached hydrogen (secondary N) is 1. The van der Waals surface area contributed by atoms with Crippen molar-refractivity contribution in [3.63, 3.8) is 0 Å². The highest BCUT2D eigenvalue weighted by molar-refractivity contribution is 5.76. The standard InChI is InChI=1S/C15H24N2O2/c1-12-5-4-6-13(9-12)19-8-7-14(18)17-11-15(2,3)10-16/h4-6,9H,7-8,10-11,16H2,1-3H3,(H,17,18). The van der Waals surface area contributed by atoms with Gasteiger partial charge in [-0.1, -0.05) is 26.0 Å². The van der Waals surface area contributed by atoms with Gasteiger partial charge in [-0.25, -0.2) is 0 Å². The van der Waals surface area contributed by atoms with Crippen molar-refractivity contribution in [2.75, 3.05) is 19.7 Å². The highest BCUT2D eigenvalue weighted by atomic mass is 16.5. The number of benzene rings is 1. The second-order valence-electron chi connectivity index (χ2n) is 5.56. The van der Waals surface area contributed by atoms with Crippen molar-refractivity contribution in [2.24, 2.45) is 11.1 Å². The second-order valence-corrected chi connectivity index (χ2v) is 5.56. The molecule has 0 aliphatic carbocycles. The number of aryl methyl sites for hydroxylation is 1. The Kier molecular flexibility index (Phi) is 5.83. The van der Waals surface area contributed by atoms with Gasteiger partial charge in [-0.05, 0) is 36.6 Å². The minimum atomic E-state index is -0.0624. The summed E-state index contributed by atoms with van der Waals surface area (Å²) in [5, 5.41) is 2.87. The van der Waals surface area contributed by atoms with Gasteiger partial charge in [0, 0.05) is 6.54 Å². The highest BCUT2D eigenvalue weighted by Gasteiger charge is 2.16. The molecule has 0 heterocycles. The van der Waals surface area contributed by atoms with Gasteiger partial charge < -0.3 is 15.8 Å². The second kappa shape index (κ2) is 7.14. The Balaban J connectivity index is 2.24. The van der Waals surface area contributed by atoms with Crippen LogP contribution in [0.25, 0.3) is 0 Å². The normalized spacial score (nSPS) is 11.2. The summed E-state index contributed by atoms with van der Waals surface area (Å²) in [6.45, 7) is 7.58. The maximum Gasteiger partial charge on any atom is 0.223 e. The summed E-state index contributed by atoms with van der Waals surface area (Å²) in [7, 11) is 0. The summed E-state index contributed by atoms with van der Waals surface area (Å²) in [5.41, 5.74) is 6.69. The van der Waals surface area contributed by atoms with Gasteiger partial charge in [0.25, 0.3) is 0 Å². The third-order valence-corrected chi connectivity index (χ3v) is 2.90. The molecule has 1 rings (SSSR count). The maximum atomic E-state index is 11.6. The van der Waals surface area contributed by atoms with E-state index >= 15 is 0 Å². The molecule has 3 N–H and O–H groups in total. The monoisotopic (exact) mass is 264 g/mol. The minimum Gasteiger partial charge on any atom is -0.493 e. The van der Waals surface area contributed by atoms with Crippen LogP contribution >= 0.6 is 0 Å². The lowest BCUT2D eigenvalue weighted by Gasteiger charge is -2.22. The van der Waals surface area contributed by atoms with Crippen LogP contribution in [0, 0.1) is 12.3 Å². The number of ether oxygens (including phenoxy) is 1. The summed E-state index contributed by atoms with van der Waals surface area (Å²) in [6.07, 6.45) is 0.356. The molecule has 0 spiro atoms. The zero-order chi connectivity index (χ0) is 14.3. The van der Waals surface area contributed by atoms with E-state index in [1.165, 1.54) is 0 Å². The Morgan fingerprint density at radius 1 is 1.42 bits per heavy atom. The molecule has 0 aliphatic heterocycles. The maximum absolute atomic E-state index is 11.6. The summed E-state index contributed by atoms with van der Waals surface area (Å²) < 4.78 is 5.53. The topological polar surface area (TPSA) is 64.3 Å². The number of nitrogens with two attached hydrogens (primary N) is 1. The summed E-state index contributed by atoms with van der Waals surface area (Å²) in [5.74, 6) is 0.796. The molecule has 0 fully saturated rings. The number of hydrogen-bond donors (Lipinski definition) is 2. The van der Waals surface area contributed by atoms with Crippen molar-refractivity contribution in [3.8, 4) is 5.75 Å². The lowest BCUT2D eigenvalue weighted by atomic mass is 9.94. The number of amides is 1. The largest absolute Gasteiger partial charge is 0.493 e. The zero-order valence-electron chi connectivity index (χ0n) is 12.0. The lowest BCUT2D eigenvalue weighted by molar-refractivity contribution is -0.122. The van der Waals surface area contributed by atoms with E-state index < -0.39 is 0 Å². The zero-order valence-corrected chi connectivity index (χ0v) is 12.0. The predicted molar refractivity (Wildman–Crippen MR) is 77.1 cm³/mol. The van der Waals surface area contributed by atoms with Crippen molar-refractivity contribution in [1.82, 2.24) is 5.32 Å². The van der Waals surface area contributed by atoms with Crippen LogP contribution < -0.4 is 15.8 Å². The first-order valence-corrected chi connectivity index (χ1v) is 6.59. The van der Waals surface area contributed by atoms with Gasteiger partial charge >= 0.3 is 0 Å². The molecule has 1 aromatic rings. The number of rotatable bonds is 7. The molecule has 0 saturated heterocycles. The van der Waals surface area contributed by atoms with Crippen molar-refractivity contribution >= 4 is 5.91 Å². The molecule has 19 heavy (non-hydrogen) atoms. The molecule has 1 amide bonds. The lowest BCUT2D eigenvalue weighted by Crippen LogP contribution is -2.38. The SMILES string of the molecule is Cc1cccc(OCCC(=O)NCC(C)(C)CN)c1. The van der Waals surface area contributed by atoms with Crippen molar-refractivity contribution in [2.45, 2.75) is 27.2 Å². The molecule has 0 saturated carbocycles. The van der Waals surface area contributed by atoms with E-state index in [9.17, 15) is 4.79 Å². The van der Waals surface area contributed by atoms with E-state index in [2.05, 4.69) is 5.32 Å². The molecule has 0 aromatic heterocycles. The van der Waals surface area contributed by atoms with Crippen molar-refractivity contribution in [1.29, 1.82) is 0 Å². The number of hydrogen-bond acceptors (Lipinski definition) is 3. The van der Waals surface area contributed by atoms with Gasteiger partial charge in [0.05, 0.1) is 13.0 Å². The van der Waals surface area contributed by atoms with E-state index in [-0.39, 0.29) is 11.3 Å². The highest BCUT2D eigenvalue weighted by Crippen LogP contribution is 2.12. The van der Waals surface area contributed by atoms with Crippen LogP contribution in [0.1, 0.15) is 25.8 Å². The molecule has 1 aromatic carbocycles. The van der Waals surface area contributed by atoms with Crippen LogP contribution in [-0.4, -0.2) is 25.6 Å². The van der Waals surface area contributed by atoms with Gasteiger partial charge in [0.15, 0.2) is 0 Å². The molecule has 0 bridgehead atoms. The Hall–Kier alpha value is -1.55. The molecule has 4 nitrogen and oxygen atoms in total. The molecule has 0 aliphatic rings. The van der Waals surface area contributed by atoms with Gasteiger partial charge in [-0.3, -0.25) is 4.79 Å². The molecular weight excluding hydrogens is 240 g/mol. The van der Waals surface area contributed by atoms with Crippen molar-refractivity contribution in [3.05, 3.63) is 29.8 Å². The van der Waals surface area contributed by atoms with Crippen LogP contribution in [-0.2, 0) is 4.79 Å². The molecule has 0 atom stereocenters. The Labute approximate surface area is 115 Å². The van der Waals surface area contributed by atoms with E-state index in [0.29, 0.717) is 26.1 Å². The van der Waals surface area contributed by atoms with Gasteiger partial charge in [0.1, 0.15) is 5.75 Å². The Morgan fingerprint density at radius 2 is 2.16 bits per heavy atom. The molecule has 0 unspecified atom stereocenters. The molecule has 106 valence electrons. The first-order chi connectivity index (χ1) is 8.93. The van der Waals surface area contributed by atoms with Crippen LogP contribution in [0.2, 0.25) is 0 Å². The molecular formula is C15H24N2O2. The van der Waals surface area contributed by atoms with Crippen LogP contribution in [0.3, 0.4) is 0 Å². The third kappa shape index (κ3) is 6.25. The van der Waals surface area contributed by atoms with Gasteiger partial charge in [-0.15, -0.1) is 0 Å². The van der Waals surface area contributed by atoms with Gasteiger partial charge in [-0.2, -0.15) is 0 Å².